The molecule has 0 bridgehead atoms. The van der Waals surface area contributed by atoms with Crippen LogP contribution >= 0.6 is 0 Å². The molecule has 1 fully saturated rings. The lowest BCUT2D eigenvalue weighted by atomic mass is 9.80. The molecule has 4 N–H and O–H groups in total. The molecule has 8 heteroatoms. The number of carbonyl (C=O) groups is 3. The minimum absolute atomic E-state index is 0.106. The first kappa shape index (κ1) is 15.9. The van der Waals surface area contributed by atoms with Crippen molar-refractivity contribution in [3.8, 4) is 23.0 Å². The van der Waals surface area contributed by atoms with Crippen molar-refractivity contribution in [2.24, 2.45) is 0 Å². The number of carbonyl (C=O) groups excluding carboxylic acids is 3. The Balaban J connectivity index is 1.99. The van der Waals surface area contributed by atoms with Crippen LogP contribution in [0.15, 0.2) is 18.2 Å². The normalized spacial score (nSPS) is 18.5. The van der Waals surface area contributed by atoms with Gasteiger partial charge in [-0.1, -0.05) is 0 Å². The number of benzene rings is 2. The number of hydrogen-bond acceptors (Lipinski definition) is 8. The summed E-state index contributed by atoms with van der Waals surface area (Å²) in [5, 5.41) is 40.4. The van der Waals surface area contributed by atoms with Crippen LogP contribution in [0.5, 0.6) is 23.0 Å². The van der Waals surface area contributed by atoms with Crippen molar-refractivity contribution in [3.63, 3.8) is 0 Å². The molecule has 0 spiro atoms. The van der Waals surface area contributed by atoms with Crippen LogP contribution in [0.2, 0.25) is 0 Å². The first-order valence-electron chi connectivity index (χ1n) is 7.72. The number of phenols is 4. The van der Waals surface area contributed by atoms with Gasteiger partial charge in [0.2, 0.25) is 5.78 Å². The van der Waals surface area contributed by atoms with E-state index in [1.54, 1.807) is 0 Å². The van der Waals surface area contributed by atoms with Gasteiger partial charge in [0, 0.05) is 17.2 Å². The van der Waals surface area contributed by atoms with Gasteiger partial charge in [0.15, 0.2) is 5.78 Å². The Labute approximate surface area is 145 Å². The van der Waals surface area contributed by atoms with Crippen LogP contribution in [0.1, 0.15) is 49.7 Å². The summed E-state index contributed by atoms with van der Waals surface area (Å²) >= 11 is 0. The fourth-order valence-corrected chi connectivity index (χ4v) is 3.48. The Bertz CT molecular complexity index is 1020. The minimum Gasteiger partial charge on any atom is -0.508 e. The average Bonchev–Trinajstić information content (AvgIpc) is 2.97. The highest BCUT2D eigenvalue weighted by Gasteiger charge is 2.40. The first-order valence-corrected chi connectivity index (χ1v) is 7.72. The third-order valence-corrected chi connectivity index (χ3v) is 4.65. The van der Waals surface area contributed by atoms with E-state index in [0.29, 0.717) is 0 Å². The summed E-state index contributed by atoms with van der Waals surface area (Å²) in [7, 11) is 0. The van der Waals surface area contributed by atoms with E-state index in [2.05, 4.69) is 0 Å². The molecule has 8 nitrogen and oxygen atoms in total. The molecule has 1 heterocycles. The predicted octanol–water partition coefficient (Wildman–Crippen LogP) is 1.31. The van der Waals surface area contributed by atoms with E-state index >= 15 is 0 Å². The molecular formula is C18H12O8. The van der Waals surface area contributed by atoms with Gasteiger partial charge in [-0.05, 0) is 18.6 Å². The van der Waals surface area contributed by atoms with Crippen molar-refractivity contribution < 1.29 is 39.5 Å². The minimum atomic E-state index is -0.960. The molecule has 0 aromatic heterocycles. The van der Waals surface area contributed by atoms with Crippen molar-refractivity contribution in [3.05, 3.63) is 46.0 Å². The Kier molecular flexibility index (Phi) is 3.20. The molecular weight excluding hydrogens is 344 g/mol. The predicted molar refractivity (Wildman–Crippen MR) is 84.7 cm³/mol. The van der Waals surface area contributed by atoms with E-state index in [4.69, 9.17) is 4.74 Å². The molecule has 0 saturated carbocycles. The quantitative estimate of drug-likeness (QED) is 0.478. The van der Waals surface area contributed by atoms with E-state index in [0.717, 1.165) is 18.2 Å². The SMILES string of the molecule is O=C1c2cc(O)cc(O)c2C(=O)c2c1cc(O)c([C@@H]1CCOC1=O)c2O. The smallest absolute Gasteiger partial charge is 0.313 e. The van der Waals surface area contributed by atoms with E-state index in [9.17, 15) is 34.8 Å². The number of fused-ring (bicyclic) bond motifs is 2. The number of ketones is 2. The van der Waals surface area contributed by atoms with Crippen LogP contribution in [-0.4, -0.2) is 44.6 Å². The third kappa shape index (κ3) is 1.98. The van der Waals surface area contributed by atoms with E-state index < -0.39 is 52.0 Å². The van der Waals surface area contributed by atoms with Gasteiger partial charge in [0.05, 0.1) is 29.2 Å². The lowest BCUT2D eigenvalue weighted by molar-refractivity contribution is -0.139. The van der Waals surface area contributed by atoms with Gasteiger partial charge in [-0.3, -0.25) is 14.4 Å². The Morgan fingerprint density at radius 1 is 0.846 bits per heavy atom. The number of rotatable bonds is 1. The zero-order valence-electron chi connectivity index (χ0n) is 13.1. The van der Waals surface area contributed by atoms with Crippen molar-refractivity contribution in [2.45, 2.75) is 12.3 Å². The molecule has 132 valence electrons. The molecule has 26 heavy (non-hydrogen) atoms. The molecule has 2 aliphatic rings. The van der Waals surface area contributed by atoms with Gasteiger partial charge in [-0.15, -0.1) is 0 Å². The average molecular weight is 356 g/mol. The number of esters is 1. The van der Waals surface area contributed by atoms with Gasteiger partial charge in [-0.25, -0.2) is 0 Å². The molecule has 1 atom stereocenters. The Morgan fingerprint density at radius 3 is 2.19 bits per heavy atom. The van der Waals surface area contributed by atoms with Crippen molar-refractivity contribution >= 4 is 17.5 Å². The van der Waals surface area contributed by atoms with E-state index in [-0.39, 0.29) is 35.3 Å². The molecule has 0 radical (unpaired) electrons. The fourth-order valence-electron chi connectivity index (χ4n) is 3.48. The second kappa shape index (κ2) is 5.22. The van der Waals surface area contributed by atoms with E-state index in [1.807, 2.05) is 0 Å². The van der Waals surface area contributed by atoms with Crippen LogP contribution in [0.3, 0.4) is 0 Å². The van der Waals surface area contributed by atoms with Crippen LogP contribution in [0.25, 0.3) is 0 Å². The highest BCUT2D eigenvalue weighted by atomic mass is 16.5. The van der Waals surface area contributed by atoms with Crippen LogP contribution in [0.4, 0.5) is 0 Å². The molecule has 4 rings (SSSR count). The maximum absolute atomic E-state index is 12.8. The van der Waals surface area contributed by atoms with Crippen LogP contribution in [0, 0.1) is 0 Å². The molecule has 0 amide bonds. The van der Waals surface area contributed by atoms with Gasteiger partial charge >= 0.3 is 5.97 Å². The van der Waals surface area contributed by atoms with Gasteiger partial charge < -0.3 is 25.2 Å². The topological polar surface area (TPSA) is 141 Å². The molecule has 1 aliphatic heterocycles. The monoisotopic (exact) mass is 356 g/mol. The number of cyclic esters (lactones) is 1. The second-order valence-electron chi connectivity index (χ2n) is 6.13. The number of ether oxygens (including phenoxy) is 1. The Hall–Kier alpha value is -3.55. The van der Waals surface area contributed by atoms with Crippen molar-refractivity contribution in [2.75, 3.05) is 6.61 Å². The van der Waals surface area contributed by atoms with Crippen LogP contribution in [-0.2, 0) is 9.53 Å². The second-order valence-corrected chi connectivity index (χ2v) is 6.13. The maximum atomic E-state index is 12.8. The summed E-state index contributed by atoms with van der Waals surface area (Å²) in [5.41, 5.74) is -1.48. The third-order valence-electron chi connectivity index (χ3n) is 4.65. The molecule has 2 aromatic carbocycles. The fraction of sp³-hybridized carbons (Fsp3) is 0.167. The van der Waals surface area contributed by atoms with Gasteiger partial charge in [0.25, 0.3) is 0 Å². The molecule has 2 aromatic rings. The largest absolute Gasteiger partial charge is 0.508 e. The lowest BCUT2D eigenvalue weighted by Crippen LogP contribution is -2.22. The lowest BCUT2D eigenvalue weighted by Gasteiger charge is -2.22. The van der Waals surface area contributed by atoms with Crippen LogP contribution < -0.4 is 0 Å². The molecule has 1 saturated heterocycles. The first-order chi connectivity index (χ1) is 12.3. The summed E-state index contributed by atoms with van der Waals surface area (Å²) < 4.78 is 4.83. The maximum Gasteiger partial charge on any atom is 0.313 e. The highest BCUT2D eigenvalue weighted by molar-refractivity contribution is 6.30. The highest BCUT2D eigenvalue weighted by Crippen LogP contribution is 2.46. The standard InChI is InChI=1S/C18H12O8/c19-6-3-8-13(10(20)4-6)17(24)14-9(15(8)22)5-11(21)12(16(14)23)7-1-2-26-18(7)25/h3-5,7,19-21,23H,1-2H2/t7-/m0/s1. The molecule has 0 unspecified atom stereocenters. The Morgan fingerprint density at radius 2 is 1.54 bits per heavy atom. The molecule has 1 aliphatic carbocycles. The summed E-state index contributed by atoms with van der Waals surface area (Å²) in [6, 6.07) is 2.93. The zero-order chi connectivity index (χ0) is 18.7. The van der Waals surface area contributed by atoms with Crippen molar-refractivity contribution in [1.82, 2.24) is 0 Å². The van der Waals surface area contributed by atoms with Crippen molar-refractivity contribution in [1.29, 1.82) is 0 Å². The van der Waals surface area contributed by atoms with Gasteiger partial charge in [-0.2, -0.15) is 0 Å². The number of phenolic OH excluding ortho intramolecular Hbond substituents is 4. The summed E-state index contributed by atoms with van der Waals surface area (Å²) in [6.07, 6.45) is 0.205. The number of hydrogen-bond donors (Lipinski definition) is 4. The zero-order valence-corrected chi connectivity index (χ0v) is 13.1. The summed E-state index contributed by atoms with van der Waals surface area (Å²) in [6.45, 7) is 0.106. The summed E-state index contributed by atoms with van der Waals surface area (Å²) in [4.78, 5) is 37.3. The van der Waals surface area contributed by atoms with Gasteiger partial charge in [0.1, 0.15) is 23.0 Å². The summed E-state index contributed by atoms with van der Waals surface area (Å²) in [5.74, 6) is -5.46. The van der Waals surface area contributed by atoms with E-state index in [1.165, 1.54) is 0 Å². The number of aromatic hydroxyl groups is 4.